The van der Waals surface area contributed by atoms with E-state index >= 15 is 0 Å². The highest BCUT2D eigenvalue weighted by Crippen LogP contribution is 2.47. The van der Waals surface area contributed by atoms with Gasteiger partial charge in [-0.2, -0.15) is 0 Å². The quantitative estimate of drug-likeness (QED) is 0.223. The van der Waals surface area contributed by atoms with Crippen LogP contribution in [-0.4, -0.2) is 42.8 Å². The van der Waals surface area contributed by atoms with Gasteiger partial charge in [-0.05, 0) is 37.3 Å². The minimum atomic E-state index is -1.05. The Kier molecular flexibility index (Phi) is 6.59. The highest BCUT2D eigenvalue weighted by Gasteiger charge is 2.49. The van der Waals surface area contributed by atoms with E-state index < -0.39 is 17.7 Å². The number of anilines is 1. The summed E-state index contributed by atoms with van der Waals surface area (Å²) >= 11 is 0. The summed E-state index contributed by atoms with van der Waals surface area (Å²) in [5.74, 6) is -0.227. The van der Waals surface area contributed by atoms with Crippen LogP contribution in [0.15, 0.2) is 71.3 Å². The van der Waals surface area contributed by atoms with Crippen LogP contribution in [0.1, 0.15) is 22.9 Å². The summed E-state index contributed by atoms with van der Waals surface area (Å²) in [4.78, 5) is 27.7. The van der Waals surface area contributed by atoms with Gasteiger partial charge in [-0.25, -0.2) is 0 Å². The topological polar surface area (TPSA) is 111 Å². The van der Waals surface area contributed by atoms with Crippen LogP contribution >= 0.6 is 0 Å². The smallest absolute Gasteiger partial charge is 0.301 e. The SMILES string of the molecule is C=CCOc1ccc(/C(O)=C2\C(=O)C(=O)N(c3cc(C)on3)[C@H]2c2cccc(OC)c2OC)cc1. The second-order valence-electron chi connectivity index (χ2n) is 7.67. The average Bonchev–Trinajstić information content (AvgIpc) is 3.42. The number of carbonyl (C=O) groups excluding carboxylic acids is 2. The lowest BCUT2D eigenvalue weighted by molar-refractivity contribution is -0.132. The summed E-state index contributed by atoms with van der Waals surface area (Å²) < 4.78 is 21.6. The van der Waals surface area contributed by atoms with Crippen molar-refractivity contribution in [2.24, 2.45) is 0 Å². The number of para-hydroxylation sites is 1. The third-order valence-electron chi connectivity index (χ3n) is 5.53. The van der Waals surface area contributed by atoms with Crippen LogP contribution < -0.4 is 19.1 Å². The summed E-state index contributed by atoms with van der Waals surface area (Å²) in [5.41, 5.74) is 0.637. The monoisotopic (exact) mass is 476 g/mol. The standard InChI is InChI=1S/C26H24N2O7/c1-5-13-34-17-11-9-16(10-12-17)23(29)21-22(18-7-6-8-19(32-3)25(18)33-4)28(26(31)24(21)30)20-14-15(2)35-27-20/h5-12,14,22,29H,1,13H2,2-4H3/b23-21+/t22-/m0/s1. The molecule has 0 bridgehead atoms. The first-order valence-electron chi connectivity index (χ1n) is 10.7. The van der Waals surface area contributed by atoms with Gasteiger partial charge in [0.05, 0.1) is 19.8 Å². The summed E-state index contributed by atoms with van der Waals surface area (Å²) in [6.45, 7) is 5.60. The summed E-state index contributed by atoms with van der Waals surface area (Å²) in [6.07, 6.45) is 1.61. The molecule has 1 aliphatic rings. The van der Waals surface area contributed by atoms with Gasteiger partial charge in [0.2, 0.25) is 0 Å². The molecular weight excluding hydrogens is 452 g/mol. The second kappa shape index (κ2) is 9.76. The van der Waals surface area contributed by atoms with Crippen molar-refractivity contribution in [3.8, 4) is 17.2 Å². The van der Waals surface area contributed by atoms with Gasteiger partial charge >= 0.3 is 5.91 Å². The van der Waals surface area contributed by atoms with Gasteiger partial charge in [0.1, 0.15) is 29.9 Å². The number of carbonyl (C=O) groups is 2. The molecule has 3 aromatic rings. The van der Waals surface area contributed by atoms with Gasteiger partial charge in [0.25, 0.3) is 5.78 Å². The third-order valence-corrected chi connectivity index (χ3v) is 5.53. The van der Waals surface area contributed by atoms with Crippen LogP contribution in [0.25, 0.3) is 5.76 Å². The predicted octanol–water partition coefficient (Wildman–Crippen LogP) is 4.19. The second-order valence-corrected chi connectivity index (χ2v) is 7.67. The lowest BCUT2D eigenvalue weighted by Gasteiger charge is -2.25. The van der Waals surface area contributed by atoms with Crippen LogP contribution in [0.2, 0.25) is 0 Å². The number of nitrogens with zero attached hydrogens (tertiary/aromatic N) is 2. The first-order valence-corrected chi connectivity index (χ1v) is 10.7. The van der Waals surface area contributed by atoms with Crippen molar-refractivity contribution < 1.29 is 33.4 Å². The molecule has 35 heavy (non-hydrogen) atoms. The number of aryl methyl sites for hydroxylation is 1. The molecule has 1 atom stereocenters. The molecule has 1 amide bonds. The van der Waals surface area contributed by atoms with Crippen molar-refractivity contribution in [1.82, 2.24) is 5.16 Å². The molecule has 1 aliphatic heterocycles. The Hall–Kier alpha value is -4.53. The van der Waals surface area contributed by atoms with Crippen molar-refractivity contribution in [2.45, 2.75) is 13.0 Å². The number of benzene rings is 2. The maximum absolute atomic E-state index is 13.3. The lowest BCUT2D eigenvalue weighted by atomic mass is 9.94. The minimum absolute atomic E-state index is 0.123. The summed E-state index contributed by atoms with van der Waals surface area (Å²) in [5, 5.41) is 15.2. The Morgan fingerprint density at radius 2 is 1.91 bits per heavy atom. The average molecular weight is 476 g/mol. The van der Waals surface area contributed by atoms with E-state index in [1.54, 1.807) is 55.5 Å². The number of hydrogen-bond donors (Lipinski definition) is 1. The summed E-state index contributed by atoms with van der Waals surface area (Å²) in [6, 6.07) is 12.1. The molecular formula is C26H24N2O7. The normalized spacial score (nSPS) is 16.9. The van der Waals surface area contributed by atoms with Gasteiger partial charge in [-0.3, -0.25) is 14.5 Å². The molecule has 0 spiro atoms. The molecule has 9 nitrogen and oxygen atoms in total. The molecule has 0 unspecified atom stereocenters. The van der Waals surface area contributed by atoms with Crippen LogP contribution in [0, 0.1) is 6.92 Å². The molecule has 2 aromatic carbocycles. The zero-order valence-corrected chi connectivity index (χ0v) is 19.5. The van der Waals surface area contributed by atoms with Crippen molar-refractivity contribution in [1.29, 1.82) is 0 Å². The zero-order valence-electron chi connectivity index (χ0n) is 19.5. The highest BCUT2D eigenvalue weighted by atomic mass is 16.5. The maximum atomic E-state index is 13.3. The van der Waals surface area contributed by atoms with Gasteiger partial charge in [-0.15, -0.1) is 0 Å². The number of aliphatic hydroxyl groups excluding tert-OH is 1. The third kappa shape index (κ3) is 4.23. The Bertz CT molecular complexity index is 1310. The van der Waals surface area contributed by atoms with E-state index in [1.165, 1.54) is 25.2 Å². The van der Waals surface area contributed by atoms with Gasteiger partial charge in [0, 0.05) is 17.2 Å². The molecule has 9 heteroatoms. The predicted molar refractivity (Wildman–Crippen MR) is 128 cm³/mol. The fraction of sp³-hybridized carbons (Fsp3) is 0.192. The van der Waals surface area contributed by atoms with Crippen molar-refractivity contribution in [3.05, 3.63) is 83.6 Å². The lowest BCUT2D eigenvalue weighted by Crippen LogP contribution is -2.30. The number of ketones is 1. The fourth-order valence-electron chi connectivity index (χ4n) is 3.98. The fourth-order valence-corrected chi connectivity index (χ4v) is 3.98. The molecule has 1 fully saturated rings. The van der Waals surface area contributed by atoms with Gasteiger partial charge in [-0.1, -0.05) is 29.9 Å². The first-order chi connectivity index (χ1) is 16.9. The van der Waals surface area contributed by atoms with Crippen molar-refractivity contribution >= 4 is 23.3 Å². The van der Waals surface area contributed by atoms with E-state index in [1.807, 2.05) is 0 Å². The van der Waals surface area contributed by atoms with E-state index in [2.05, 4.69) is 11.7 Å². The Morgan fingerprint density at radius 3 is 2.51 bits per heavy atom. The molecule has 1 saturated heterocycles. The molecule has 0 aliphatic carbocycles. The van der Waals surface area contributed by atoms with Gasteiger partial charge < -0.3 is 23.8 Å². The van der Waals surface area contributed by atoms with Crippen LogP contribution in [0.5, 0.6) is 17.2 Å². The number of hydrogen-bond acceptors (Lipinski definition) is 8. The number of amides is 1. The number of methoxy groups -OCH3 is 2. The van der Waals surface area contributed by atoms with Gasteiger partial charge in [0.15, 0.2) is 17.3 Å². The number of ether oxygens (including phenoxy) is 3. The summed E-state index contributed by atoms with van der Waals surface area (Å²) in [7, 11) is 2.94. The van der Waals surface area contributed by atoms with E-state index in [9.17, 15) is 14.7 Å². The largest absolute Gasteiger partial charge is 0.507 e. The maximum Gasteiger partial charge on any atom is 0.301 e. The van der Waals surface area contributed by atoms with Crippen LogP contribution in [0.3, 0.4) is 0 Å². The Morgan fingerprint density at radius 1 is 1.17 bits per heavy atom. The first kappa shape index (κ1) is 23.6. The van der Waals surface area contributed by atoms with E-state index in [-0.39, 0.29) is 17.2 Å². The molecule has 1 aromatic heterocycles. The molecule has 0 saturated carbocycles. The molecule has 2 heterocycles. The molecule has 4 rings (SSSR count). The molecule has 1 N–H and O–H groups in total. The molecule has 180 valence electrons. The number of aliphatic hydroxyl groups is 1. The molecule has 0 radical (unpaired) electrons. The Balaban J connectivity index is 1.92. The van der Waals surface area contributed by atoms with Crippen molar-refractivity contribution in [2.75, 3.05) is 25.7 Å². The van der Waals surface area contributed by atoms with E-state index in [4.69, 9.17) is 18.7 Å². The number of rotatable bonds is 8. The van der Waals surface area contributed by atoms with E-state index in [0.717, 1.165) is 0 Å². The highest BCUT2D eigenvalue weighted by molar-refractivity contribution is 6.51. The minimum Gasteiger partial charge on any atom is -0.507 e. The zero-order chi connectivity index (χ0) is 25.1. The number of Topliss-reactive ketones (excluding diaryl/α,β-unsaturated/α-hetero) is 1. The van der Waals surface area contributed by atoms with Crippen LogP contribution in [-0.2, 0) is 9.59 Å². The Labute approximate surface area is 201 Å². The number of aromatic nitrogens is 1. The van der Waals surface area contributed by atoms with E-state index in [0.29, 0.717) is 40.7 Å². The van der Waals surface area contributed by atoms with Crippen LogP contribution in [0.4, 0.5) is 5.82 Å². The van der Waals surface area contributed by atoms with Crippen molar-refractivity contribution in [3.63, 3.8) is 0 Å².